The van der Waals surface area contributed by atoms with Crippen molar-refractivity contribution in [3.8, 4) is 0 Å². The molecule has 4 heteroatoms. The molecular formula is C13H11FN2O. The quantitative estimate of drug-likeness (QED) is 0.879. The number of rotatable bonds is 3. The molecule has 0 saturated heterocycles. The van der Waals surface area contributed by atoms with Crippen LogP contribution in [0.3, 0.4) is 0 Å². The lowest BCUT2D eigenvalue weighted by Crippen LogP contribution is -2.15. The van der Waals surface area contributed by atoms with E-state index in [0.29, 0.717) is 11.4 Å². The number of carbonyl (C=O) groups is 1. The second-order valence-corrected chi connectivity index (χ2v) is 3.57. The number of amides is 1. The maximum absolute atomic E-state index is 12.9. The van der Waals surface area contributed by atoms with Gasteiger partial charge in [-0.3, -0.25) is 4.79 Å². The largest absolute Gasteiger partial charge is 0.310 e. The van der Waals surface area contributed by atoms with E-state index < -0.39 is 0 Å². The average molecular weight is 230 g/mol. The molecule has 0 aliphatic heterocycles. The monoisotopic (exact) mass is 230 g/mol. The first-order valence-electron chi connectivity index (χ1n) is 5.19. The average Bonchev–Trinajstić information content (AvgIpc) is 2.30. The van der Waals surface area contributed by atoms with E-state index in [0.717, 1.165) is 0 Å². The molecule has 0 unspecified atom stereocenters. The topological polar surface area (TPSA) is 42.0 Å². The summed E-state index contributed by atoms with van der Waals surface area (Å²) in [6, 6.07) is 11.2. The van der Waals surface area contributed by atoms with Gasteiger partial charge in [-0.25, -0.2) is 9.37 Å². The lowest BCUT2D eigenvalue weighted by molar-refractivity contribution is -0.115. The van der Waals surface area contributed by atoms with Crippen molar-refractivity contribution in [3.05, 3.63) is 60.0 Å². The number of aromatic nitrogens is 1. The molecule has 86 valence electrons. The van der Waals surface area contributed by atoms with Gasteiger partial charge in [-0.2, -0.15) is 0 Å². The molecule has 1 aromatic heterocycles. The number of hydrogen-bond donors (Lipinski definition) is 1. The van der Waals surface area contributed by atoms with Crippen LogP contribution in [-0.2, 0) is 11.2 Å². The number of hydrogen-bond acceptors (Lipinski definition) is 2. The molecule has 0 bridgehead atoms. The van der Waals surface area contributed by atoms with Crippen molar-refractivity contribution < 1.29 is 9.18 Å². The van der Waals surface area contributed by atoms with Gasteiger partial charge in [-0.15, -0.1) is 0 Å². The first-order chi connectivity index (χ1) is 8.24. The molecule has 1 aromatic carbocycles. The van der Waals surface area contributed by atoms with Crippen molar-refractivity contribution in [1.29, 1.82) is 0 Å². The third-order valence-electron chi connectivity index (χ3n) is 2.19. The van der Waals surface area contributed by atoms with Gasteiger partial charge in [0.05, 0.1) is 6.42 Å². The highest BCUT2D eigenvalue weighted by atomic mass is 19.1. The molecule has 1 heterocycles. The number of pyridine rings is 1. The van der Waals surface area contributed by atoms with E-state index in [1.165, 1.54) is 12.1 Å². The van der Waals surface area contributed by atoms with Crippen molar-refractivity contribution in [1.82, 2.24) is 4.98 Å². The van der Waals surface area contributed by atoms with Crippen molar-refractivity contribution in [3.63, 3.8) is 0 Å². The van der Waals surface area contributed by atoms with Crippen LogP contribution >= 0.6 is 0 Å². The van der Waals surface area contributed by atoms with Crippen molar-refractivity contribution >= 4 is 11.7 Å². The van der Waals surface area contributed by atoms with Crippen LogP contribution in [0, 0.1) is 5.82 Å². The number of benzene rings is 1. The zero-order valence-electron chi connectivity index (χ0n) is 9.06. The molecule has 3 nitrogen and oxygen atoms in total. The normalized spacial score (nSPS) is 9.94. The summed E-state index contributed by atoms with van der Waals surface area (Å²) in [6.45, 7) is 0. The molecule has 1 N–H and O–H groups in total. The van der Waals surface area contributed by atoms with Gasteiger partial charge in [0, 0.05) is 6.20 Å². The van der Waals surface area contributed by atoms with Gasteiger partial charge in [0.25, 0.3) is 0 Å². The highest BCUT2D eigenvalue weighted by Crippen LogP contribution is 2.06. The van der Waals surface area contributed by atoms with Crippen LogP contribution in [0.2, 0.25) is 0 Å². The minimum atomic E-state index is -0.340. The summed E-state index contributed by atoms with van der Waals surface area (Å²) in [4.78, 5) is 15.6. The van der Waals surface area contributed by atoms with E-state index in [1.807, 2.05) is 0 Å². The van der Waals surface area contributed by atoms with Crippen LogP contribution in [0.1, 0.15) is 5.56 Å². The Hall–Kier alpha value is -2.23. The Morgan fingerprint density at radius 1 is 1.24 bits per heavy atom. The van der Waals surface area contributed by atoms with Gasteiger partial charge in [-0.05, 0) is 29.8 Å². The Kier molecular flexibility index (Phi) is 3.45. The Labute approximate surface area is 98.3 Å². The summed E-state index contributed by atoms with van der Waals surface area (Å²) in [6.07, 6.45) is 1.73. The molecule has 2 rings (SSSR count). The predicted molar refractivity (Wildman–Crippen MR) is 63.0 cm³/mol. The molecule has 1 amide bonds. The number of anilines is 1. The fourth-order valence-electron chi connectivity index (χ4n) is 1.46. The first kappa shape index (κ1) is 11.3. The van der Waals surface area contributed by atoms with Crippen LogP contribution in [0.25, 0.3) is 0 Å². The van der Waals surface area contributed by atoms with Gasteiger partial charge < -0.3 is 5.32 Å². The lowest BCUT2D eigenvalue weighted by Gasteiger charge is -2.04. The number of halogens is 1. The minimum absolute atomic E-state index is 0.133. The molecule has 0 aliphatic carbocycles. The van der Waals surface area contributed by atoms with Crippen LogP contribution in [0.15, 0.2) is 48.7 Å². The summed E-state index contributed by atoms with van der Waals surface area (Å²) < 4.78 is 12.9. The highest BCUT2D eigenvalue weighted by molar-refractivity contribution is 5.91. The molecule has 0 aliphatic rings. The number of nitrogens with zero attached hydrogens (tertiary/aromatic N) is 1. The van der Waals surface area contributed by atoms with Gasteiger partial charge >= 0.3 is 0 Å². The highest BCUT2D eigenvalue weighted by Gasteiger charge is 2.04. The van der Waals surface area contributed by atoms with E-state index in [2.05, 4.69) is 10.3 Å². The number of carbonyl (C=O) groups excluding carboxylic acids is 1. The van der Waals surface area contributed by atoms with E-state index in [-0.39, 0.29) is 18.1 Å². The standard InChI is InChI=1S/C13H11FN2O/c14-11-5-3-4-10(8-11)9-13(17)16-12-6-1-2-7-15-12/h1-8H,9H2,(H,15,16,17). The van der Waals surface area contributed by atoms with Crippen LogP contribution in [0.5, 0.6) is 0 Å². The van der Waals surface area contributed by atoms with Gasteiger partial charge in [0.2, 0.25) is 5.91 Å². The zero-order chi connectivity index (χ0) is 12.1. The number of nitrogens with one attached hydrogen (secondary N) is 1. The summed E-state index contributed by atoms with van der Waals surface area (Å²) in [5.41, 5.74) is 0.637. The molecule has 0 atom stereocenters. The van der Waals surface area contributed by atoms with E-state index in [1.54, 1.807) is 36.5 Å². The summed E-state index contributed by atoms with van der Waals surface area (Å²) in [7, 11) is 0. The van der Waals surface area contributed by atoms with Gasteiger partial charge in [0.1, 0.15) is 11.6 Å². The Morgan fingerprint density at radius 2 is 2.12 bits per heavy atom. The minimum Gasteiger partial charge on any atom is -0.310 e. The predicted octanol–water partition coefficient (Wildman–Crippen LogP) is 2.40. The third kappa shape index (κ3) is 3.38. The van der Waals surface area contributed by atoms with Crippen molar-refractivity contribution in [2.75, 3.05) is 5.32 Å². The maximum atomic E-state index is 12.9. The van der Waals surface area contributed by atoms with Crippen LogP contribution < -0.4 is 5.32 Å². The molecule has 0 spiro atoms. The molecular weight excluding hydrogens is 219 g/mol. The Morgan fingerprint density at radius 3 is 2.82 bits per heavy atom. The van der Waals surface area contributed by atoms with Crippen molar-refractivity contribution in [2.24, 2.45) is 0 Å². The van der Waals surface area contributed by atoms with Gasteiger partial charge in [-0.1, -0.05) is 18.2 Å². The SMILES string of the molecule is O=C(Cc1cccc(F)c1)Nc1ccccn1. The summed E-state index contributed by atoms with van der Waals surface area (Å²) in [5, 5.41) is 2.64. The molecule has 0 fully saturated rings. The zero-order valence-corrected chi connectivity index (χ0v) is 9.06. The fourth-order valence-corrected chi connectivity index (χ4v) is 1.46. The molecule has 17 heavy (non-hydrogen) atoms. The second kappa shape index (κ2) is 5.21. The molecule has 0 saturated carbocycles. The van der Waals surface area contributed by atoms with Crippen LogP contribution in [0.4, 0.5) is 10.2 Å². The molecule has 2 aromatic rings. The van der Waals surface area contributed by atoms with E-state index in [4.69, 9.17) is 0 Å². The maximum Gasteiger partial charge on any atom is 0.229 e. The third-order valence-corrected chi connectivity index (χ3v) is 2.19. The Balaban J connectivity index is 1.98. The van der Waals surface area contributed by atoms with Crippen LogP contribution in [-0.4, -0.2) is 10.9 Å². The summed E-state index contributed by atoms with van der Waals surface area (Å²) in [5.74, 6) is -0.0589. The van der Waals surface area contributed by atoms with E-state index >= 15 is 0 Å². The van der Waals surface area contributed by atoms with Crippen molar-refractivity contribution in [2.45, 2.75) is 6.42 Å². The lowest BCUT2D eigenvalue weighted by atomic mass is 10.1. The second-order valence-electron chi connectivity index (χ2n) is 3.57. The molecule has 0 radical (unpaired) electrons. The fraction of sp³-hybridized carbons (Fsp3) is 0.0769. The van der Waals surface area contributed by atoms with Gasteiger partial charge in [0.15, 0.2) is 0 Å². The first-order valence-corrected chi connectivity index (χ1v) is 5.19. The smallest absolute Gasteiger partial charge is 0.229 e. The Bertz CT molecular complexity index is 514. The summed E-state index contributed by atoms with van der Waals surface area (Å²) >= 11 is 0. The van der Waals surface area contributed by atoms with E-state index in [9.17, 15) is 9.18 Å².